The van der Waals surface area contributed by atoms with Crippen LogP contribution in [0.15, 0.2) is 150 Å². The minimum atomic E-state index is -1.72. The second-order valence-electron chi connectivity index (χ2n) is 14.5. The summed E-state index contributed by atoms with van der Waals surface area (Å²) in [5, 5.41) is 2.20. The summed E-state index contributed by atoms with van der Waals surface area (Å²) < 4.78 is 7.89. The fourth-order valence-electron chi connectivity index (χ4n) is 6.36. The zero-order valence-electron chi connectivity index (χ0n) is 30.3. The van der Waals surface area contributed by atoms with Gasteiger partial charge >= 0.3 is 99.8 Å². The summed E-state index contributed by atoms with van der Waals surface area (Å²) in [7, 11) is 0. The van der Waals surface area contributed by atoms with Crippen molar-refractivity contribution in [2.24, 2.45) is 5.92 Å². The minimum Gasteiger partial charge on any atom is 0 e. The average Bonchev–Trinajstić information content (AvgIpc) is 3.54. The van der Waals surface area contributed by atoms with Gasteiger partial charge in [0.05, 0.1) is 5.58 Å². The van der Waals surface area contributed by atoms with Crippen molar-refractivity contribution in [3.05, 3.63) is 164 Å². The van der Waals surface area contributed by atoms with Gasteiger partial charge in [-0.2, -0.15) is 0 Å². The van der Waals surface area contributed by atoms with Gasteiger partial charge in [-0.25, -0.2) is 0 Å². The number of rotatable bonds is 7. The van der Waals surface area contributed by atoms with Crippen molar-refractivity contribution < 1.29 is 24.5 Å². The molecule has 52 heavy (non-hydrogen) atoms. The maximum absolute atomic E-state index is 6.44. The van der Waals surface area contributed by atoms with Crippen LogP contribution in [0.4, 0.5) is 0 Å². The predicted molar refractivity (Wildman–Crippen MR) is 217 cm³/mol. The molecule has 0 atom stereocenters. The molecule has 261 valence electrons. The van der Waals surface area contributed by atoms with Crippen molar-refractivity contribution in [2.45, 2.75) is 37.5 Å². The molecular weight excluding hydrogens is 873 g/mol. The summed E-state index contributed by atoms with van der Waals surface area (Å²) in [6.45, 7) is 4.47. The maximum Gasteiger partial charge on any atom is 0 e. The van der Waals surface area contributed by atoms with E-state index >= 15 is 0 Å². The van der Waals surface area contributed by atoms with E-state index in [1.165, 1.54) is 26.6 Å². The molecular formula is C47H42GeIrN2O-2. The van der Waals surface area contributed by atoms with Crippen LogP contribution in [-0.2, 0) is 26.5 Å². The van der Waals surface area contributed by atoms with Crippen LogP contribution in [0.3, 0.4) is 0 Å². The van der Waals surface area contributed by atoms with E-state index in [2.05, 4.69) is 150 Å². The topological polar surface area (TPSA) is 38.9 Å². The van der Waals surface area contributed by atoms with Crippen molar-refractivity contribution in [1.29, 1.82) is 0 Å². The fourth-order valence-corrected chi connectivity index (χ4v) is 8.53. The molecule has 3 heterocycles. The molecule has 0 aliphatic carbocycles. The number of aromatic nitrogens is 2. The second kappa shape index (κ2) is 16.4. The van der Waals surface area contributed by atoms with Crippen LogP contribution in [0.25, 0.3) is 66.7 Å². The van der Waals surface area contributed by atoms with Gasteiger partial charge in [0.25, 0.3) is 0 Å². The van der Waals surface area contributed by atoms with E-state index in [4.69, 9.17) is 4.42 Å². The smallest absolute Gasteiger partial charge is 0 e. The standard InChI is InChI=1S/C33H26NO.C14H16GeN.Ir/c1-22(2)19-23-17-18-34-31(20-23)30-10-6-9-29-28-16-15-27(21-32(28)35-33(29)30)26-13-11-25(12-14-26)24-7-4-3-5-8-24;1-15(2,3)13-9-10-14(16-11-13)12-7-5-4-6-8-12;/h3-9,11-18,20-22H,19H2,1-2H3;4-7,9-11H,1-3H3;/q2*-1;. The van der Waals surface area contributed by atoms with Crippen LogP contribution >= 0.6 is 0 Å². The van der Waals surface area contributed by atoms with Crippen LogP contribution in [-0.4, -0.2) is 23.2 Å². The Labute approximate surface area is 323 Å². The fraction of sp³-hybridized carbons (Fsp3) is 0.149. The third kappa shape index (κ3) is 8.53. The van der Waals surface area contributed by atoms with E-state index in [1.54, 1.807) is 0 Å². The van der Waals surface area contributed by atoms with E-state index in [0.717, 1.165) is 56.4 Å². The van der Waals surface area contributed by atoms with Gasteiger partial charge in [-0.3, -0.25) is 0 Å². The van der Waals surface area contributed by atoms with E-state index in [-0.39, 0.29) is 20.1 Å². The van der Waals surface area contributed by atoms with Crippen LogP contribution in [0.1, 0.15) is 19.4 Å². The molecule has 3 nitrogen and oxygen atoms in total. The van der Waals surface area contributed by atoms with Gasteiger partial charge in [-0.1, -0.05) is 103 Å². The number of hydrogen-bond acceptors (Lipinski definition) is 3. The van der Waals surface area contributed by atoms with E-state index in [0.29, 0.717) is 5.92 Å². The summed E-state index contributed by atoms with van der Waals surface area (Å²) in [4.78, 5) is 9.18. The summed E-state index contributed by atoms with van der Waals surface area (Å²) in [5.41, 5.74) is 11.6. The van der Waals surface area contributed by atoms with Crippen LogP contribution < -0.4 is 4.40 Å². The first-order valence-electron chi connectivity index (χ1n) is 17.6. The third-order valence-corrected chi connectivity index (χ3v) is 13.4. The Morgan fingerprint density at radius 1 is 0.635 bits per heavy atom. The molecule has 0 aliphatic heterocycles. The number of furan rings is 1. The molecule has 3 aromatic heterocycles. The normalized spacial score (nSPS) is 11.3. The molecule has 0 saturated heterocycles. The van der Waals surface area contributed by atoms with Gasteiger partial charge in [0, 0.05) is 31.7 Å². The van der Waals surface area contributed by atoms with Crippen LogP contribution in [0, 0.1) is 18.1 Å². The number of benzene rings is 5. The summed E-state index contributed by atoms with van der Waals surface area (Å²) in [6.07, 6.45) is 4.95. The first-order chi connectivity index (χ1) is 24.7. The third-order valence-electron chi connectivity index (χ3n) is 9.10. The number of hydrogen-bond donors (Lipinski definition) is 0. The molecule has 8 aromatic rings. The summed E-state index contributed by atoms with van der Waals surface area (Å²) in [5.74, 6) is 7.73. The number of nitrogens with zero attached hydrogens (tertiary/aromatic N) is 2. The summed E-state index contributed by atoms with van der Waals surface area (Å²) in [6, 6.07) is 52.8. The van der Waals surface area contributed by atoms with Gasteiger partial charge in [-0.05, 0) is 52.4 Å². The largest absolute Gasteiger partial charge is 0 e. The molecule has 0 saturated carbocycles. The molecule has 5 heteroatoms. The Balaban J connectivity index is 0.000000230. The van der Waals surface area contributed by atoms with Crippen molar-refractivity contribution >= 4 is 39.6 Å². The van der Waals surface area contributed by atoms with Crippen molar-refractivity contribution in [1.82, 2.24) is 9.97 Å². The van der Waals surface area contributed by atoms with E-state index in [1.807, 2.05) is 48.8 Å². The zero-order valence-corrected chi connectivity index (χ0v) is 34.8. The van der Waals surface area contributed by atoms with Crippen LogP contribution in [0.5, 0.6) is 0 Å². The Morgan fingerprint density at radius 2 is 1.35 bits per heavy atom. The Bertz CT molecular complexity index is 2380. The molecule has 0 fully saturated rings. The molecule has 5 aromatic carbocycles. The Kier molecular flexibility index (Phi) is 11.7. The first kappa shape index (κ1) is 37.2. The molecule has 0 spiro atoms. The molecule has 0 N–H and O–H groups in total. The quantitative estimate of drug-likeness (QED) is 0.118. The SMILES string of the molecule is CC(C)Cc1ccnc(-c2[c-]ccc3c2oc2cc(-c4ccc(-c5ccccc5)cc4)ccc23)c1.[CH3][Ge]([CH3])([CH3])[c]1ccc(-c2[c-]cccc2)nc1.[Ir]. The van der Waals surface area contributed by atoms with Gasteiger partial charge in [0.15, 0.2) is 0 Å². The van der Waals surface area contributed by atoms with E-state index in [9.17, 15) is 0 Å². The van der Waals surface area contributed by atoms with Gasteiger partial charge in [0.1, 0.15) is 5.58 Å². The molecule has 0 amide bonds. The maximum atomic E-state index is 6.44. The Hall–Kier alpha value is -4.61. The van der Waals surface area contributed by atoms with Crippen molar-refractivity contribution in [3.63, 3.8) is 0 Å². The van der Waals surface area contributed by atoms with Gasteiger partial charge < -0.3 is 9.40 Å². The zero-order chi connectivity index (χ0) is 35.4. The van der Waals surface area contributed by atoms with E-state index < -0.39 is 13.3 Å². The van der Waals surface area contributed by atoms with Gasteiger partial charge in [0.2, 0.25) is 0 Å². The second-order valence-corrected chi connectivity index (χ2v) is 25.1. The van der Waals surface area contributed by atoms with Crippen LogP contribution in [0.2, 0.25) is 17.3 Å². The van der Waals surface area contributed by atoms with Gasteiger partial charge in [-0.15, -0.1) is 18.2 Å². The summed E-state index contributed by atoms with van der Waals surface area (Å²) >= 11 is -1.72. The average molecular weight is 916 g/mol. The molecule has 8 rings (SSSR count). The molecule has 0 aliphatic rings. The van der Waals surface area contributed by atoms with Crippen molar-refractivity contribution in [2.75, 3.05) is 0 Å². The number of fused-ring (bicyclic) bond motifs is 3. The first-order valence-corrected chi connectivity index (χ1v) is 25.0. The molecule has 0 unspecified atom stereocenters. The Morgan fingerprint density at radius 3 is 2.02 bits per heavy atom. The number of pyridine rings is 2. The monoisotopic (exact) mass is 917 g/mol. The minimum absolute atomic E-state index is 0. The molecule has 0 bridgehead atoms. The van der Waals surface area contributed by atoms with Crippen molar-refractivity contribution in [3.8, 4) is 44.8 Å². The predicted octanol–water partition coefficient (Wildman–Crippen LogP) is 12.1. The molecule has 1 radical (unpaired) electrons.